The van der Waals surface area contributed by atoms with Gasteiger partial charge in [-0.1, -0.05) is 29.3 Å². The number of hydrogen-bond acceptors (Lipinski definition) is 3. The maximum Gasteiger partial charge on any atom is 0.227 e. The average Bonchev–Trinajstić information content (AvgIpc) is 3.09. The lowest BCUT2D eigenvalue weighted by Crippen LogP contribution is -2.39. The summed E-state index contributed by atoms with van der Waals surface area (Å²) in [7, 11) is 0. The molecular weight excluding hydrogens is 409 g/mol. The molecule has 0 saturated heterocycles. The van der Waals surface area contributed by atoms with Gasteiger partial charge in [0.25, 0.3) is 0 Å². The Bertz CT molecular complexity index is 1070. The van der Waals surface area contributed by atoms with E-state index in [1.54, 1.807) is 15.8 Å². The van der Waals surface area contributed by atoms with E-state index in [1.165, 1.54) is 24.3 Å². The van der Waals surface area contributed by atoms with Gasteiger partial charge in [0.2, 0.25) is 5.91 Å². The molecule has 1 aliphatic heterocycles. The SMILES string of the molecule is O=C(Cc1ccc(F)c(Cl)c1)N1CCn2ncc(-c3cc(Cl)ncc3F)c2C1. The highest BCUT2D eigenvalue weighted by Crippen LogP contribution is 2.30. The third-order valence-corrected chi connectivity index (χ3v) is 5.17. The van der Waals surface area contributed by atoms with Crippen LogP contribution in [0.15, 0.2) is 36.7 Å². The molecule has 0 spiro atoms. The van der Waals surface area contributed by atoms with Crippen LogP contribution >= 0.6 is 23.2 Å². The standard InChI is InChI=1S/C19H14Cl2F2N4O/c20-14-5-11(1-2-15(14)22)6-19(28)26-3-4-27-17(10-26)13(8-25-27)12-7-18(21)24-9-16(12)23/h1-2,5,7-9H,3-4,6,10H2. The molecule has 9 heteroatoms. The molecule has 0 aliphatic carbocycles. The summed E-state index contributed by atoms with van der Waals surface area (Å²) in [6, 6.07) is 5.66. The first-order chi connectivity index (χ1) is 13.4. The molecule has 1 amide bonds. The van der Waals surface area contributed by atoms with Crippen molar-refractivity contribution in [3.8, 4) is 11.1 Å². The van der Waals surface area contributed by atoms with E-state index in [-0.39, 0.29) is 29.0 Å². The molecule has 0 N–H and O–H groups in total. The highest BCUT2D eigenvalue weighted by Gasteiger charge is 2.25. The first-order valence-electron chi connectivity index (χ1n) is 8.50. The van der Waals surface area contributed by atoms with Crippen molar-refractivity contribution in [2.75, 3.05) is 6.54 Å². The van der Waals surface area contributed by atoms with Gasteiger partial charge in [-0.3, -0.25) is 9.48 Å². The number of aromatic nitrogens is 3. The lowest BCUT2D eigenvalue weighted by atomic mass is 10.1. The summed E-state index contributed by atoms with van der Waals surface area (Å²) >= 11 is 11.7. The lowest BCUT2D eigenvalue weighted by Gasteiger charge is -2.28. The van der Waals surface area contributed by atoms with Gasteiger partial charge in [-0.05, 0) is 23.8 Å². The number of halogens is 4. The zero-order chi connectivity index (χ0) is 19.8. The number of benzene rings is 1. The molecule has 0 atom stereocenters. The third-order valence-electron chi connectivity index (χ3n) is 4.68. The van der Waals surface area contributed by atoms with Crippen LogP contribution in [-0.2, 0) is 24.3 Å². The number of nitrogens with zero attached hydrogens (tertiary/aromatic N) is 4. The minimum atomic E-state index is -0.526. The second kappa shape index (κ2) is 7.48. The number of pyridine rings is 1. The quantitative estimate of drug-likeness (QED) is 0.596. The van der Waals surface area contributed by atoms with E-state index >= 15 is 0 Å². The number of rotatable bonds is 3. The number of amides is 1. The Hall–Kier alpha value is -2.51. The van der Waals surface area contributed by atoms with Crippen LogP contribution in [0, 0.1) is 11.6 Å². The first kappa shape index (κ1) is 18.8. The van der Waals surface area contributed by atoms with Crippen molar-refractivity contribution >= 4 is 29.1 Å². The van der Waals surface area contributed by atoms with Crippen LogP contribution in [0.3, 0.4) is 0 Å². The van der Waals surface area contributed by atoms with Gasteiger partial charge in [-0.25, -0.2) is 13.8 Å². The second-order valence-corrected chi connectivity index (χ2v) is 7.25. The fourth-order valence-electron chi connectivity index (χ4n) is 3.24. The van der Waals surface area contributed by atoms with Gasteiger partial charge < -0.3 is 4.90 Å². The van der Waals surface area contributed by atoms with Gasteiger partial charge in [0.15, 0.2) is 0 Å². The Balaban J connectivity index is 1.57. The third kappa shape index (κ3) is 3.59. The second-order valence-electron chi connectivity index (χ2n) is 6.46. The molecule has 0 saturated carbocycles. The Kier molecular flexibility index (Phi) is 5.03. The number of carbonyl (C=O) groups excluding carboxylic acids is 1. The maximum absolute atomic E-state index is 14.2. The Labute approximate surface area is 169 Å². The zero-order valence-electron chi connectivity index (χ0n) is 14.5. The molecule has 0 radical (unpaired) electrons. The van der Waals surface area contributed by atoms with Crippen LogP contribution in [0.2, 0.25) is 10.2 Å². The van der Waals surface area contributed by atoms with Gasteiger partial charge in [-0.2, -0.15) is 5.10 Å². The van der Waals surface area contributed by atoms with Gasteiger partial charge in [0, 0.05) is 17.7 Å². The molecule has 3 aromatic rings. The van der Waals surface area contributed by atoms with Crippen LogP contribution in [-0.4, -0.2) is 32.1 Å². The minimum Gasteiger partial charge on any atom is -0.335 e. The molecule has 1 aliphatic rings. The Morgan fingerprint density at radius 3 is 2.68 bits per heavy atom. The minimum absolute atomic E-state index is 0.0191. The van der Waals surface area contributed by atoms with Crippen molar-refractivity contribution in [1.82, 2.24) is 19.7 Å². The lowest BCUT2D eigenvalue weighted by molar-refractivity contribution is -0.131. The summed E-state index contributed by atoms with van der Waals surface area (Å²) in [6.45, 7) is 1.25. The summed E-state index contributed by atoms with van der Waals surface area (Å²) in [5, 5.41) is 4.45. The summed E-state index contributed by atoms with van der Waals surface area (Å²) in [4.78, 5) is 18.1. The van der Waals surface area contributed by atoms with Gasteiger partial charge >= 0.3 is 0 Å². The van der Waals surface area contributed by atoms with Gasteiger partial charge in [-0.15, -0.1) is 0 Å². The predicted octanol–water partition coefficient (Wildman–Crippen LogP) is 4.12. The summed E-state index contributed by atoms with van der Waals surface area (Å²) in [5.74, 6) is -1.17. The van der Waals surface area contributed by atoms with E-state index in [4.69, 9.17) is 23.2 Å². The van der Waals surface area contributed by atoms with E-state index in [1.807, 2.05) is 0 Å². The predicted molar refractivity (Wildman–Crippen MR) is 101 cm³/mol. The highest BCUT2D eigenvalue weighted by atomic mass is 35.5. The van der Waals surface area contributed by atoms with Crippen molar-refractivity contribution in [3.05, 3.63) is 69.7 Å². The van der Waals surface area contributed by atoms with Crippen LogP contribution < -0.4 is 0 Å². The summed E-state index contributed by atoms with van der Waals surface area (Å²) in [6.07, 6.45) is 2.72. The molecule has 144 valence electrons. The number of fused-ring (bicyclic) bond motifs is 1. The first-order valence-corrected chi connectivity index (χ1v) is 9.26. The van der Waals surface area contributed by atoms with Crippen LogP contribution in [0.25, 0.3) is 11.1 Å². The molecule has 2 aromatic heterocycles. The van der Waals surface area contributed by atoms with Crippen molar-refractivity contribution in [2.24, 2.45) is 0 Å². The topological polar surface area (TPSA) is 51.0 Å². The Morgan fingerprint density at radius 1 is 1.07 bits per heavy atom. The molecule has 0 bridgehead atoms. The van der Waals surface area contributed by atoms with E-state index < -0.39 is 11.6 Å². The van der Waals surface area contributed by atoms with Crippen molar-refractivity contribution < 1.29 is 13.6 Å². The smallest absolute Gasteiger partial charge is 0.227 e. The van der Waals surface area contributed by atoms with Crippen molar-refractivity contribution in [2.45, 2.75) is 19.5 Å². The summed E-state index contributed by atoms with van der Waals surface area (Å²) < 4.78 is 29.3. The largest absolute Gasteiger partial charge is 0.335 e. The highest BCUT2D eigenvalue weighted by molar-refractivity contribution is 6.30. The van der Waals surface area contributed by atoms with Crippen LogP contribution in [0.4, 0.5) is 8.78 Å². The van der Waals surface area contributed by atoms with Crippen LogP contribution in [0.1, 0.15) is 11.3 Å². The molecule has 1 aromatic carbocycles. The normalized spacial score (nSPS) is 13.5. The molecule has 0 unspecified atom stereocenters. The number of hydrogen-bond donors (Lipinski definition) is 0. The maximum atomic E-state index is 14.2. The van der Waals surface area contributed by atoms with E-state index in [9.17, 15) is 13.6 Å². The van der Waals surface area contributed by atoms with Crippen molar-refractivity contribution in [3.63, 3.8) is 0 Å². The number of carbonyl (C=O) groups is 1. The average molecular weight is 423 g/mol. The van der Waals surface area contributed by atoms with Gasteiger partial charge in [0.1, 0.15) is 16.8 Å². The molecule has 5 nitrogen and oxygen atoms in total. The van der Waals surface area contributed by atoms with Crippen LogP contribution in [0.5, 0.6) is 0 Å². The summed E-state index contributed by atoms with van der Waals surface area (Å²) in [5.41, 5.74) is 2.21. The van der Waals surface area contributed by atoms with E-state index in [2.05, 4.69) is 10.1 Å². The molecule has 3 heterocycles. The molecule has 4 rings (SSSR count). The zero-order valence-corrected chi connectivity index (χ0v) is 16.0. The van der Waals surface area contributed by atoms with Gasteiger partial charge in [0.05, 0.1) is 42.6 Å². The van der Waals surface area contributed by atoms with E-state index in [0.29, 0.717) is 29.8 Å². The molecule has 0 fully saturated rings. The van der Waals surface area contributed by atoms with E-state index in [0.717, 1.165) is 11.9 Å². The monoisotopic (exact) mass is 422 g/mol. The molecule has 28 heavy (non-hydrogen) atoms. The van der Waals surface area contributed by atoms with Crippen molar-refractivity contribution in [1.29, 1.82) is 0 Å². The fraction of sp³-hybridized carbons (Fsp3) is 0.211. The Morgan fingerprint density at radius 2 is 1.89 bits per heavy atom. The fourth-order valence-corrected chi connectivity index (χ4v) is 3.60. The molecular formula is C19H14Cl2F2N4O.